The second kappa shape index (κ2) is 5.53. The quantitative estimate of drug-likeness (QED) is 0.833. The lowest BCUT2D eigenvalue weighted by molar-refractivity contribution is 0.110. The fraction of sp³-hybridized carbons (Fsp3) is 0.643. The second-order valence-electron chi connectivity index (χ2n) is 6.06. The Morgan fingerprint density at radius 3 is 2.62 bits per heavy atom. The molecule has 21 heavy (non-hydrogen) atoms. The number of sulfone groups is 1. The summed E-state index contributed by atoms with van der Waals surface area (Å²) in [5, 5.41) is 0. The molecule has 1 aromatic heterocycles. The van der Waals surface area contributed by atoms with Gasteiger partial charge in [0.1, 0.15) is 18.2 Å². The van der Waals surface area contributed by atoms with Crippen molar-refractivity contribution in [2.24, 2.45) is 5.41 Å². The summed E-state index contributed by atoms with van der Waals surface area (Å²) in [6.45, 7) is 3.05. The fourth-order valence-corrected chi connectivity index (χ4v) is 5.55. The van der Waals surface area contributed by atoms with Gasteiger partial charge in [-0.2, -0.15) is 0 Å². The zero-order valence-corrected chi connectivity index (χ0v) is 12.6. The molecule has 2 aliphatic rings. The Morgan fingerprint density at radius 1 is 1.29 bits per heavy atom. The summed E-state index contributed by atoms with van der Waals surface area (Å²) in [6.07, 6.45) is 4.51. The first kappa shape index (κ1) is 14.7. The van der Waals surface area contributed by atoms with Gasteiger partial charge in [-0.15, -0.1) is 0 Å². The molecule has 1 aromatic rings. The Morgan fingerprint density at radius 2 is 2.00 bits per heavy atom. The first-order valence-corrected chi connectivity index (χ1v) is 8.95. The van der Waals surface area contributed by atoms with Gasteiger partial charge in [0, 0.05) is 18.0 Å². The number of nitrogens with zero attached hydrogens (tertiary/aromatic N) is 2. The zero-order valence-electron chi connectivity index (χ0n) is 11.8. The molecule has 0 N–H and O–H groups in total. The smallest absolute Gasteiger partial charge is 0.151 e. The maximum atomic E-state index is 12.9. The van der Waals surface area contributed by atoms with Crippen molar-refractivity contribution in [2.75, 3.05) is 37.7 Å². The topological polar surface area (TPSA) is 59.5 Å². The molecule has 2 saturated heterocycles. The van der Waals surface area contributed by atoms with Crippen LogP contribution in [0.3, 0.4) is 0 Å². The minimum Gasteiger partial charge on any atom is -0.491 e. The lowest BCUT2D eigenvalue weighted by Crippen LogP contribution is -2.54. The zero-order chi connectivity index (χ0) is 14.9. The van der Waals surface area contributed by atoms with Crippen molar-refractivity contribution in [1.29, 1.82) is 0 Å². The highest BCUT2D eigenvalue weighted by atomic mass is 32.2. The molecule has 0 aliphatic carbocycles. The number of ether oxygens (including phenoxy) is 1. The highest BCUT2D eigenvalue weighted by Gasteiger charge is 2.49. The molecule has 0 aromatic carbocycles. The van der Waals surface area contributed by atoms with E-state index in [4.69, 9.17) is 4.74 Å². The van der Waals surface area contributed by atoms with E-state index in [9.17, 15) is 12.8 Å². The van der Waals surface area contributed by atoms with Crippen molar-refractivity contribution in [3.63, 3.8) is 0 Å². The molecule has 7 heteroatoms. The number of pyridine rings is 1. The van der Waals surface area contributed by atoms with E-state index in [0.717, 1.165) is 38.7 Å². The van der Waals surface area contributed by atoms with Gasteiger partial charge in [-0.25, -0.2) is 12.8 Å². The average Bonchev–Trinajstić information content (AvgIpc) is 2.39. The standard InChI is InChI=1S/C14H19FN2O3S/c15-12-7-13(9-16-8-12)20-6-5-17-3-1-14(2-4-17)10-21(18,19)11-14/h7-9H,1-6,10-11H2. The van der Waals surface area contributed by atoms with E-state index in [1.54, 1.807) is 0 Å². The maximum absolute atomic E-state index is 12.9. The molecule has 2 aliphatic heterocycles. The van der Waals surface area contributed by atoms with Crippen LogP contribution in [0.5, 0.6) is 5.75 Å². The number of rotatable bonds is 4. The van der Waals surface area contributed by atoms with E-state index in [2.05, 4.69) is 9.88 Å². The Balaban J connectivity index is 1.40. The molecule has 0 amide bonds. The summed E-state index contributed by atoms with van der Waals surface area (Å²) in [4.78, 5) is 6.00. The van der Waals surface area contributed by atoms with Crippen LogP contribution >= 0.6 is 0 Å². The lowest BCUT2D eigenvalue weighted by atomic mass is 9.81. The van der Waals surface area contributed by atoms with Crippen molar-refractivity contribution in [2.45, 2.75) is 12.8 Å². The summed E-state index contributed by atoms with van der Waals surface area (Å²) < 4.78 is 41.1. The first-order chi connectivity index (χ1) is 9.96. The molecular weight excluding hydrogens is 295 g/mol. The van der Waals surface area contributed by atoms with Gasteiger partial charge in [-0.3, -0.25) is 9.88 Å². The van der Waals surface area contributed by atoms with Gasteiger partial charge in [0.15, 0.2) is 9.84 Å². The van der Waals surface area contributed by atoms with Crippen LogP contribution in [0.1, 0.15) is 12.8 Å². The van der Waals surface area contributed by atoms with E-state index in [1.807, 2.05) is 0 Å². The molecule has 2 fully saturated rings. The van der Waals surface area contributed by atoms with E-state index in [0.29, 0.717) is 23.9 Å². The van der Waals surface area contributed by atoms with Crippen LogP contribution in [0.2, 0.25) is 0 Å². The minimum absolute atomic E-state index is 0.0443. The Bertz CT molecular complexity index is 598. The monoisotopic (exact) mass is 314 g/mol. The molecule has 0 unspecified atom stereocenters. The summed E-state index contributed by atoms with van der Waals surface area (Å²) in [7, 11) is -2.75. The molecular formula is C14H19FN2O3S. The normalized spacial score (nSPS) is 23.7. The summed E-state index contributed by atoms with van der Waals surface area (Å²) in [5.74, 6) is 0.755. The molecule has 0 saturated carbocycles. The number of piperidine rings is 1. The summed E-state index contributed by atoms with van der Waals surface area (Å²) in [5.41, 5.74) is 0.0443. The van der Waals surface area contributed by atoms with Gasteiger partial charge in [0.2, 0.25) is 0 Å². The van der Waals surface area contributed by atoms with Gasteiger partial charge in [0.05, 0.1) is 23.9 Å². The van der Waals surface area contributed by atoms with E-state index < -0.39 is 15.7 Å². The number of likely N-dealkylation sites (tertiary alicyclic amines) is 1. The summed E-state index contributed by atoms with van der Waals surface area (Å²) in [6, 6.07) is 1.32. The predicted octanol–water partition coefficient (Wildman–Crippen LogP) is 1.11. The highest BCUT2D eigenvalue weighted by Crippen LogP contribution is 2.42. The fourth-order valence-electron chi connectivity index (χ4n) is 3.19. The van der Waals surface area contributed by atoms with Crippen molar-refractivity contribution in [3.8, 4) is 5.75 Å². The average molecular weight is 314 g/mol. The minimum atomic E-state index is -2.75. The summed E-state index contributed by atoms with van der Waals surface area (Å²) >= 11 is 0. The van der Waals surface area contributed by atoms with Crippen LogP contribution in [0.25, 0.3) is 0 Å². The van der Waals surface area contributed by atoms with Crippen LogP contribution in [0.4, 0.5) is 4.39 Å². The van der Waals surface area contributed by atoms with E-state index in [1.165, 1.54) is 12.3 Å². The third-order valence-electron chi connectivity index (χ3n) is 4.32. The van der Waals surface area contributed by atoms with Gasteiger partial charge >= 0.3 is 0 Å². The van der Waals surface area contributed by atoms with E-state index >= 15 is 0 Å². The largest absolute Gasteiger partial charge is 0.491 e. The van der Waals surface area contributed by atoms with Crippen molar-refractivity contribution >= 4 is 9.84 Å². The second-order valence-corrected chi connectivity index (χ2v) is 8.13. The molecule has 0 radical (unpaired) electrons. The first-order valence-electron chi connectivity index (χ1n) is 7.13. The van der Waals surface area contributed by atoms with Gasteiger partial charge in [0.25, 0.3) is 0 Å². The number of hydrogen-bond donors (Lipinski definition) is 0. The van der Waals surface area contributed by atoms with Crippen LogP contribution in [0.15, 0.2) is 18.5 Å². The molecule has 3 heterocycles. The van der Waals surface area contributed by atoms with Crippen LogP contribution < -0.4 is 4.74 Å². The van der Waals surface area contributed by atoms with Crippen molar-refractivity contribution in [3.05, 3.63) is 24.3 Å². The molecule has 0 bridgehead atoms. The number of hydrogen-bond acceptors (Lipinski definition) is 5. The van der Waals surface area contributed by atoms with Gasteiger partial charge in [-0.1, -0.05) is 0 Å². The third kappa shape index (κ3) is 3.52. The van der Waals surface area contributed by atoms with Crippen molar-refractivity contribution in [1.82, 2.24) is 9.88 Å². The van der Waals surface area contributed by atoms with Crippen LogP contribution in [-0.2, 0) is 9.84 Å². The highest BCUT2D eigenvalue weighted by molar-refractivity contribution is 7.92. The van der Waals surface area contributed by atoms with E-state index in [-0.39, 0.29) is 5.41 Å². The van der Waals surface area contributed by atoms with Crippen molar-refractivity contribution < 1.29 is 17.5 Å². The number of aromatic nitrogens is 1. The van der Waals surface area contributed by atoms with Crippen LogP contribution in [-0.4, -0.2) is 56.0 Å². The van der Waals surface area contributed by atoms with Crippen LogP contribution in [0, 0.1) is 11.2 Å². The molecule has 0 atom stereocenters. The SMILES string of the molecule is O=S1(=O)CC2(CCN(CCOc3cncc(F)c3)CC2)C1. The van der Waals surface area contributed by atoms with Gasteiger partial charge in [-0.05, 0) is 25.9 Å². The molecule has 116 valence electrons. The maximum Gasteiger partial charge on any atom is 0.151 e. The Kier molecular flexibility index (Phi) is 3.88. The van der Waals surface area contributed by atoms with Gasteiger partial charge < -0.3 is 4.74 Å². The lowest BCUT2D eigenvalue weighted by Gasteiger charge is -2.47. The Hall–Kier alpha value is -1.21. The predicted molar refractivity (Wildman–Crippen MR) is 76.5 cm³/mol. The molecule has 3 rings (SSSR count). The Labute approximate surface area is 124 Å². The molecule has 1 spiro atoms. The number of halogens is 1. The molecule has 5 nitrogen and oxygen atoms in total. The third-order valence-corrected chi connectivity index (χ3v) is 6.43.